The van der Waals surface area contributed by atoms with Crippen LogP contribution in [0.1, 0.15) is 62.1 Å². The molecule has 3 N–H and O–H groups in total. The van der Waals surface area contributed by atoms with Gasteiger partial charge in [-0.2, -0.15) is 0 Å². The molecular formula is C27H35ClN4O4S. The summed E-state index contributed by atoms with van der Waals surface area (Å²) in [7, 11) is 0. The summed E-state index contributed by atoms with van der Waals surface area (Å²) >= 11 is 7.45. The number of rotatable bonds is 9. The largest absolute Gasteiger partial charge is 0.444 e. The number of ether oxygens (including phenoxy) is 1. The lowest BCUT2D eigenvalue weighted by molar-refractivity contribution is -0.132. The number of halogens is 1. The van der Waals surface area contributed by atoms with Gasteiger partial charge in [-0.25, -0.2) is 10.2 Å². The van der Waals surface area contributed by atoms with Gasteiger partial charge in [0.25, 0.3) is 5.91 Å². The van der Waals surface area contributed by atoms with Crippen LogP contribution in [0.5, 0.6) is 0 Å². The summed E-state index contributed by atoms with van der Waals surface area (Å²) in [6, 6.07) is 9.61. The molecule has 0 saturated carbocycles. The molecule has 3 rings (SSSR count). The number of thiophene rings is 1. The lowest BCUT2D eigenvalue weighted by Crippen LogP contribution is -2.46. The summed E-state index contributed by atoms with van der Waals surface area (Å²) < 4.78 is 6.01. The molecule has 2 aromatic rings. The second-order valence-electron chi connectivity index (χ2n) is 10.1. The van der Waals surface area contributed by atoms with Gasteiger partial charge in [-0.3, -0.25) is 14.6 Å². The molecule has 8 nitrogen and oxygen atoms in total. The molecule has 0 radical (unpaired) electrons. The topological polar surface area (TPSA) is 99.8 Å². The van der Waals surface area contributed by atoms with Gasteiger partial charge >= 0.3 is 6.09 Å². The predicted octanol–water partition coefficient (Wildman–Crippen LogP) is 4.99. The molecule has 1 aliphatic heterocycles. The van der Waals surface area contributed by atoms with E-state index in [2.05, 4.69) is 16.1 Å². The Morgan fingerprint density at radius 2 is 1.78 bits per heavy atom. The Labute approximate surface area is 227 Å². The smallest absolute Gasteiger partial charge is 0.407 e. The van der Waals surface area contributed by atoms with Gasteiger partial charge in [0.2, 0.25) is 5.91 Å². The van der Waals surface area contributed by atoms with E-state index >= 15 is 0 Å². The molecule has 1 aromatic carbocycles. The molecule has 1 aliphatic rings. The quantitative estimate of drug-likeness (QED) is 0.411. The highest BCUT2D eigenvalue weighted by atomic mass is 35.5. The highest BCUT2D eigenvalue weighted by Gasteiger charge is 2.27. The minimum atomic E-state index is -0.583. The maximum absolute atomic E-state index is 13.1. The first-order valence-corrected chi connectivity index (χ1v) is 13.4. The molecule has 0 fully saturated rings. The van der Waals surface area contributed by atoms with Crippen molar-refractivity contribution in [1.82, 2.24) is 21.1 Å². The Hall–Kier alpha value is -2.88. The minimum absolute atomic E-state index is 0.00494. The second kappa shape index (κ2) is 12.6. The monoisotopic (exact) mass is 546 g/mol. The first-order chi connectivity index (χ1) is 17.4. The molecular weight excluding hydrogens is 512 g/mol. The highest BCUT2D eigenvalue weighted by Crippen LogP contribution is 2.23. The van der Waals surface area contributed by atoms with Crippen molar-refractivity contribution in [2.24, 2.45) is 0 Å². The molecule has 2 heterocycles. The van der Waals surface area contributed by atoms with E-state index in [1.54, 1.807) is 5.01 Å². The highest BCUT2D eigenvalue weighted by molar-refractivity contribution is 7.16. The molecule has 0 bridgehead atoms. The number of amides is 3. The van der Waals surface area contributed by atoms with E-state index in [1.807, 2.05) is 65.0 Å². The number of hydrogen-bond donors (Lipinski definition) is 3. The fourth-order valence-corrected chi connectivity index (χ4v) is 4.88. The fourth-order valence-electron chi connectivity index (χ4n) is 3.87. The van der Waals surface area contributed by atoms with E-state index in [1.165, 1.54) is 11.3 Å². The van der Waals surface area contributed by atoms with Gasteiger partial charge in [0, 0.05) is 36.6 Å². The average molecular weight is 547 g/mol. The Bertz CT molecular complexity index is 1190. The summed E-state index contributed by atoms with van der Waals surface area (Å²) in [4.78, 5) is 39.0. The van der Waals surface area contributed by atoms with Gasteiger partial charge in [-0.1, -0.05) is 40.9 Å². The normalized spacial score (nSPS) is 14.1. The maximum atomic E-state index is 13.1. The molecule has 0 atom stereocenters. The molecule has 10 heteroatoms. The zero-order valence-corrected chi connectivity index (χ0v) is 23.6. The number of nitrogens with one attached hydrogen (secondary N) is 3. The Morgan fingerprint density at radius 3 is 2.46 bits per heavy atom. The SMILES string of the molecule is CC1=C(CC(=O)NCc2cc(C)ccc2CNC(=O)OC(C)(C)C)C(=O)N(NCc2ccc(Cl)s2)CC1. The Balaban J connectivity index is 1.56. The lowest BCUT2D eigenvalue weighted by Gasteiger charge is -2.29. The number of aryl methyl sites for hydroxylation is 1. The number of hydrogen-bond acceptors (Lipinski definition) is 6. The van der Waals surface area contributed by atoms with Gasteiger partial charge in [0.05, 0.1) is 10.8 Å². The number of hydrazine groups is 1. The van der Waals surface area contributed by atoms with Crippen molar-refractivity contribution in [2.75, 3.05) is 6.54 Å². The van der Waals surface area contributed by atoms with E-state index in [0.29, 0.717) is 29.4 Å². The third-order valence-corrected chi connectivity index (χ3v) is 7.03. The van der Waals surface area contributed by atoms with Crippen LogP contribution >= 0.6 is 22.9 Å². The minimum Gasteiger partial charge on any atom is -0.444 e. The summed E-state index contributed by atoms with van der Waals surface area (Å²) in [5, 5.41) is 7.27. The third-order valence-electron chi connectivity index (χ3n) is 5.80. The summed E-state index contributed by atoms with van der Waals surface area (Å²) in [6.45, 7) is 10.9. The molecule has 200 valence electrons. The fraction of sp³-hybridized carbons (Fsp3) is 0.444. The van der Waals surface area contributed by atoms with Crippen molar-refractivity contribution in [3.63, 3.8) is 0 Å². The number of nitrogens with zero attached hydrogens (tertiary/aromatic N) is 1. The van der Waals surface area contributed by atoms with Gasteiger partial charge < -0.3 is 15.4 Å². The molecule has 0 spiro atoms. The van der Waals surface area contributed by atoms with Crippen molar-refractivity contribution >= 4 is 40.8 Å². The molecule has 0 unspecified atom stereocenters. The van der Waals surface area contributed by atoms with Crippen LogP contribution in [0.15, 0.2) is 41.5 Å². The maximum Gasteiger partial charge on any atom is 0.407 e. The van der Waals surface area contributed by atoms with E-state index in [-0.39, 0.29) is 31.3 Å². The molecule has 0 aliphatic carbocycles. The average Bonchev–Trinajstić information content (AvgIpc) is 3.23. The summed E-state index contributed by atoms with van der Waals surface area (Å²) in [6.07, 6.45) is 0.206. The van der Waals surface area contributed by atoms with Crippen LogP contribution in [0.4, 0.5) is 4.79 Å². The van der Waals surface area contributed by atoms with Crippen LogP contribution < -0.4 is 16.1 Å². The van der Waals surface area contributed by atoms with Crippen molar-refractivity contribution < 1.29 is 19.1 Å². The van der Waals surface area contributed by atoms with E-state index in [0.717, 1.165) is 27.1 Å². The van der Waals surface area contributed by atoms with Gasteiger partial charge in [-0.15, -0.1) is 11.3 Å². The second-order valence-corrected chi connectivity index (χ2v) is 11.9. The van der Waals surface area contributed by atoms with Crippen LogP contribution in [0.3, 0.4) is 0 Å². The first-order valence-electron chi connectivity index (χ1n) is 12.2. The first kappa shape index (κ1) is 28.7. The van der Waals surface area contributed by atoms with Gasteiger partial charge in [0.1, 0.15) is 5.60 Å². The van der Waals surface area contributed by atoms with Crippen LogP contribution in [0.2, 0.25) is 4.34 Å². The molecule has 37 heavy (non-hydrogen) atoms. The van der Waals surface area contributed by atoms with Crippen molar-refractivity contribution in [3.8, 4) is 0 Å². The lowest BCUT2D eigenvalue weighted by atomic mass is 9.98. The van der Waals surface area contributed by atoms with E-state index in [4.69, 9.17) is 16.3 Å². The van der Waals surface area contributed by atoms with Gasteiger partial charge in [0.15, 0.2) is 0 Å². The Morgan fingerprint density at radius 1 is 1.05 bits per heavy atom. The van der Waals surface area contributed by atoms with Crippen LogP contribution in [-0.4, -0.2) is 35.1 Å². The van der Waals surface area contributed by atoms with E-state index < -0.39 is 11.7 Å². The van der Waals surface area contributed by atoms with Crippen LogP contribution in [0.25, 0.3) is 0 Å². The third kappa shape index (κ3) is 8.87. The van der Waals surface area contributed by atoms with Crippen molar-refractivity contribution in [3.05, 3.63) is 67.4 Å². The molecule has 0 saturated heterocycles. The van der Waals surface area contributed by atoms with Crippen molar-refractivity contribution in [2.45, 2.75) is 72.7 Å². The zero-order chi connectivity index (χ0) is 27.2. The number of carbonyl (C=O) groups is 3. The number of carbonyl (C=O) groups excluding carboxylic acids is 3. The van der Waals surface area contributed by atoms with E-state index in [9.17, 15) is 14.4 Å². The number of benzene rings is 1. The van der Waals surface area contributed by atoms with Crippen LogP contribution in [0, 0.1) is 6.92 Å². The van der Waals surface area contributed by atoms with Crippen LogP contribution in [-0.2, 0) is 34.0 Å². The molecule has 3 amide bonds. The summed E-state index contributed by atoms with van der Waals surface area (Å²) in [5.74, 6) is -0.415. The Kier molecular flexibility index (Phi) is 9.75. The standard InChI is InChI=1S/C27H35ClN4O4S/c1-17-6-7-19(14-30-26(35)36-27(3,4)5)20(12-17)15-29-24(33)13-22-18(2)10-11-32(25(22)34)31-16-21-8-9-23(28)37-21/h6-9,12,31H,10-11,13-16H2,1-5H3,(H,29,33)(H,30,35). The number of alkyl carbamates (subject to hydrolysis) is 1. The van der Waals surface area contributed by atoms with Gasteiger partial charge in [-0.05, 0) is 64.3 Å². The van der Waals surface area contributed by atoms with Crippen molar-refractivity contribution in [1.29, 1.82) is 0 Å². The molecule has 1 aromatic heterocycles. The summed E-state index contributed by atoms with van der Waals surface area (Å²) in [5.41, 5.74) is 6.83. The predicted molar refractivity (Wildman–Crippen MR) is 146 cm³/mol. The zero-order valence-electron chi connectivity index (χ0n) is 22.0.